The van der Waals surface area contributed by atoms with Gasteiger partial charge in [-0.05, 0) is 31.5 Å². The van der Waals surface area contributed by atoms with E-state index in [4.69, 9.17) is 4.52 Å². The standard InChI is InChI=1S/C14H17N3O2/c1-10-13(11(2)19-16-10)9-17(3)14(18)8-12-4-6-15-7-5-12/h4-7H,8-9H2,1-3H3. The third kappa shape index (κ3) is 3.19. The van der Waals surface area contributed by atoms with E-state index in [0.717, 1.165) is 22.6 Å². The van der Waals surface area contributed by atoms with Gasteiger partial charge in [0.05, 0.1) is 18.7 Å². The van der Waals surface area contributed by atoms with Crippen LogP contribution in [-0.2, 0) is 17.8 Å². The summed E-state index contributed by atoms with van der Waals surface area (Å²) in [5, 5.41) is 3.89. The molecular weight excluding hydrogens is 242 g/mol. The Morgan fingerprint density at radius 3 is 2.58 bits per heavy atom. The van der Waals surface area contributed by atoms with E-state index < -0.39 is 0 Å². The Hall–Kier alpha value is -2.17. The largest absolute Gasteiger partial charge is 0.361 e. The van der Waals surface area contributed by atoms with Crippen molar-refractivity contribution >= 4 is 5.91 Å². The maximum atomic E-state index is 12.1. The summed E-state index contributed by atoms with van der Waals surface area (Å²) in [6.45, 7) is 4.26. The second-order valence-corrected chi connectivity index (χ2v) is 4.58. The van der Waals surface area contributed by atoms with Crippen molar-refractivity contribution in [2.45, 2.75) is 26.8 Å². The Kier molecular flexibility index (Phi) is 3.94. The van der Waals surface area contributed by atoms with Crippen LogP contribution >= 0.6 is 0 Å². The monoisotopic (exact) mass is 259 g/mol. The molecule has 2 heterocycles. The van der Waals surface area contributed by atoms with Crippen LogP contribution in [0.3, 0.4) is 0 Å². The first kappa shape index (κ1) is 13.3. The quantitative estimate of drug-likeness (QED) is 0.841. The molecule has 0 bridgehead atoms. The van der Waals surface area contributed by atoms with Gasteiger partial charge in [-0.3, -0.25) is 9.78 Å². The van der Waals surface area contributed by atoms with Gasteiger partial charge in [-0.2, -0.15) is 0 Å². The topological polar surface area (TPSA) is 59.2 Å². The van der Waals surface area contributed by atoms with Crippen LogP contribution in [0.5, 0.6) is 0 Å². The van der Waals surface area contributed by atoms with E-state index in [9.17, 15) is 4.79 Å². The molecule has 0 aromatic carbocycles. The van der Waals surface area contributed by atoms with E-state index in [1.165, 1.54) is 0 Å². The van der Waals surface area contributed by atoms with Crippen LogP contribution in [-0.4, -0.2) is 28.0 Å². The molecule has 100 valence electrons. The number of aromatic nitrogens is 2. The Labute approximate surface area is 112 Å². The van der Waals surface area contributed by atoms with E-state index in [1.807, 2.05) is 26.0 Å². The van der Waals surface area contributed by atoms with Crippen molar-refractivity contribution in [3.05, 3.63) is 47.1 Å². The highest BCUT2D eigenvalue weighted by Crippen LogP contribution is 2.14. The minimum absolute atomic E-state index is 0.0613. The van der Waals surface area contributed by atoms with Crippen molar-refractivity contribution < 1.29 is 9.32 Å². The first-order valence-electron chi connectivity index (χ1n) is 6.12. The van der Waals surface area contributed by atoms with Crippen LogP contribution in [0, 0.1) is 13.8 Å². The van der Waals surface area contributed by atoms with Crippen LogP contribution in [0.2, 0.25) is 0 Å². The maximum Gasteiger partial charge on any atom is 0.227 e. The maximum absolute atomic E-state index is 12.1. The fraction of sp³-hybridized carbons (Fsp3) is 0.357. The lowest BCUT2D eigenvalue weighted by Crippen LogP contribution is -2.28. The van der Waals surface area contributed by atoms with Crippen LogP contribution in [0.25, 0.3) is 0 Å². The summed E-state index contributed by atoms with van der Waals surface area (Å²) in [4.78, 5) is 17.7. The zero-order valence-electron chi connectivity index (χ0n) is 11.4. The predicted molar refractivity (Wildman–Crippen MR) is 70.4 cm³/mol. The molecule has 5 heteroatoms. The van der Waals surface area contributed by atoms with E-state index in [2.05, 4.69) is 10.1 Å². The van der Waals surface area contributed by atoms with Crippen molar-refractivity contribution in [1.82, 2.24) is 15.0 Å². The van der Waals surface area contributed by atoms with Crippen LogP contribution in [0.1, 0.15) is 22.6 Å². The van der Waals surface area contributed by atoms with Crippen molar-refractivity contribution in [2.75, 3.05) is 7.05 Å². The number of hydrogen-bond acceptors (Lipinski definition) is 4. The molecule has 0 radical (unpaired) electrons. The SMILES string of the molecule is Cc1noc(C)c1CN(C)C(=O)Cc1ccncc1. The Balaban J connectivity index is 2.00. The van der Waals surface area contributed by atoms with Crippen LogP contribution in [0.15, 0.2) is 29.0 Å². The van der Waals surface area contributed by atoms with E-state index in [0.29, 0.717) is 13.0 Å². The lowest BCUT2D eigenvalue weighted by atomic mass is 10.1. The van der Waals surface area contributed by atoms with Crippen molar-refractivity contribution in [3.8, 4) is 0 Å². The smallest absolute Gasteiger partial charge is 0.227 e. The number of carbonyl (C=O) groups is 1. The first-order valence-corrected chi connectivity index (χ1v) is 6.12. The molecule has 19 heavy (non-hydrogen) atoms. The molecule has 0 fully saturated rings. The molecule has 2 aromatic rings. The molecule has 0 aliphatic carbocycles. The minimum Gasteiger partial charge on any atom is -0.361 e. The van der Waals surface area contributed by atoms with Crippen molar-refractivity contribution in [3.63, 3.8) is 0 Å². The van der Waals surface area contributed by atoms with Gasteiger partial charge in [0.1, 0.15) is 5.76 Å². The molecule has 0 atom stereocenters. The summed E-state index contributed by atoms with van der Waals surface area (Å²) >= 11 is 0. The molecule has 0 saturated heterocycles. The summed E-state index contributed by atoms with van der Waals surface area (Å²) in [7, 11) is 1.79. The van der Waals surface area contributed by atoms with E-state index in [-0.39, 0.29) is 5.91 Å². The molecule has 2 rings (SSSR count). The van der Waals surface area contributed by atoms with Crippen LogP contribution < -0.4 is 0 Å². The van der Waals surface area contributed by atoms with Gasteiger partial charge in [0.2, 0.25) is 5.91 Å². The fourth-order valence-electron chi connectivity index (χ4n) is 1.86. The molecule has 0 spiro atoms. The second kappa shape index (κ2) is 5.65. The number of hydrogen-bond donors (Lipinski definition) is 0. The lowest BCUT2D eigenvalue weighted by Gasteiger charge is -2.17. The van der Waals surface area contributed by atoms with Gasteiger partial charge in [-0.15, -0.1) is 0 Å². The normalized spacial score (nSPS) is 10.5. The first-order chi connectivity index (χ1) is 9.08. The van der Waals surface area contributed by atoms with E-state index in [1.54, 1.807) is 24.3 Å². The molecule has 1 amide bonds. The molecule has 0 aliphatic rings. The Bertz CT molecular complexity index is 544. The Morgan fingerprint density at radius 1 is 1.32 bits per heavy atom. The van der Waals surface area contributed by atoms with Crippen molar-refractivity contribution in [1.29, 1.82) is 0 Å². The van der Waals surface area contributed by atoms with Crippen LogP contribution in [0.4, 0.5) is 0 Å². The molecule has 0 unspecified atom stereocenters. The minimum atomic E-state index is 0.0613. The number of nitrogens with zero attached hydrogens (tertiary/aromatic N) is 3. The molecule has 2 aromatic heterocycles. The fourth-order valence-corrected chi connectivity index (χ4v) is 1.86. The second-order valence-electron chi connectivity index (χ2n) is 4.58. The van der Waals surface area contributed by atoms with Gasteiger partial charge in [-0.1, -0.05) is 5.16 Å². The Morgan fingerprint density at radius 2 is 2.00 bits per heavy atom. The number of rotatable bonds is 4. The van der Waals surface area contributed by atoms with Gasteiger partial charge >= 0.3 is 0 Å². The highest BCUT2D eigenvalue weighted by Gasteiger charge is 2.15. The van der Waals surface area contributed by atoms with Gasteiger partial charge < -0.3 is 9.42 Å². The van der Waals surface area contributed by atoms with Gasteiger partial charge in [0, 0.05) is 25.0 Å². The average Bonchev–Trinajstić information content (AvgIpc) is 2.71. The molecule has 0 aliphatic heterocycles. The third-order valence-corrected chi connectivity index (χ3v) is 3.11. The molecule has 5 nitrogen and oxygen atoms in total. The van der Waals surface area contributed by atoms with Gasteiger partial charge in [0.25, 0.3) is 0 Å². The number of amides is 1. The summed E-state index contributed by atoms with van der Waals surface area (Å²) in [5.41, 5.74) is 2.78. The van der Waals surface area contributed by atoms with Crippen molar-refractivity contribution in [2.24, 2.45) is 0 Å². The predicted octanol–water partition coefficient (Wildman–Crippen LogP) is 1.89. The summed E-state index contributed by atoms with van der Waals surface area (Å²) in [6.07, 6.45) is 3.76. The number of likely N-dealkylation sites (N-methyl/N-ethyl adjacent to an activating group) is 1. The number of carbonyl (C=O) groups excluding carboxylic acids is 1. The molecule has 0 N–H and O–H groups in total. The molecular formula is C14H17N3O2. The van der Waals surface area contributed by atoms with Gasteiger partial charge in [-0.25, -0.2) is 0 Å². The van der Waals surface area contributed by atoms with E-state index >= 15 is 0 Å². The zero-order valence-corrected chi connectivity index (χ0v) is 11.4. The highest BCUT2D eigenvalue weighted by molar-refractivity contribution is 5.78. The third-order valence-electron chi connectivity index (χ3n) is 3.11. The zero-order chi connectivity index (χ0) is 13.8. The van der Waals surface area contributed by atoms with Gasteiger partial charge in [0.15, 0.2) is 0 Å². The molecule has 0 saturated carbocycles. The summed E-state index contributed by atoms with van der Waals surface area (Å²) in [6, 6.07) is 3.70. The number of pyridine rings is 1. The summed E-state index contributed by atoms with van der Waals surface area (Å²) < 4.78 is 5.10. The number of aryl methyl sites for hydroxylation is 2. The lowest BCUT2D eigenvalue weighted by molar-refractivity contribution is -0.129. The average molecular weight is 259 g/mol. The summed E-state index contributed by atoms with van der Waals surface area (Å²) in [5.74, 6) is 0.826. The highest BCUT2D eigenvalue weighted by atomic mass is 16.5.